The number of hydrogen-bond donors (Lipinski definition) is 0. The highest BCUT2D eigenvalue weighted by Gasteiger charge is 2.32. The van der Waals surface area contributed by atoms with Crippen LogP contribution in [0.1, 0.15) is 12.5 Å². The van der Waals surface area contributed by atoms with Crippen molar-refractivity contribution in [1.29, 1.82) is 0 Å². The zero-order valence-corrected chi connectivity index (χ0v) is 14.1. The molecule has 1 atom stereocenters. The normalized spacial score (nSPS) is 18.4. The molecule has 0 N–H and O–H groups in total. The van der Waals surface area contributed by atoms with Crippen LogP contribution in [0.25, 0.3) is 0 Å². The number of para-hydroxylation sites is 1. The van der Waals surface area contributed by atoms with Crippen LogP contribution in [0.5, 0.6) is 0 Å². The second kappa shape index (κ2) is 5.46. The van der Waals surface area contributed by atoms with Gasteiger partial charge >= 0.3 is 0 Å². The number of anilines is 1. The zero-order chi connectivity index (χ0) is 15.0. The van der Waals surface area contributed by atoms with Crippen molar-refractivity contribution in [3.63, 3.8) is 0 Å². The first-order valence-electron chi connectivity index (χ1n) is 6.85. The number of halogens is 1. The molecule has 2 aromatic rings. The molecular formula is C16H16BrNO2S. The third-order valence-corrected chi connectivity index (χ3v) is 6.50. The summed E-state index contributed by atoms with van der Waals surface area (Å²) in [5, 5.41) is 0. The molecule has 0 aliphatic carbocycles. The van der Waals surface area contributed by atoms with Crippen LogP contribution in [-0.4, -0.2) is 15.0 Å². The van der Waals surface area contributed by atoms with Crippen LogP contribution < -0.4 is 4.31 Å². The molecule has 0 bridgehead atoms. The average molecular weight is 366 g/mol. The summed E-state index contributed by atoms with van der Waals surface area (Å²) in [5.74, 6) is 0.303. The van der Waals surface area contributed by atoms with Crippen LogP contribution in [0.15, 0.2) is 57.9 Å². The van der Waals surface area contributed by atoms with Gasteiger partial charge in [0.15, 0.2) is 0 Å². The molecule has 0 saturated carbocycles. The second-order valence-electron chi connectivity index (χ2n) is 5.40. The maximum absolute atomic E-state index is 13.0. The molecule has 21 heavy (non-hydrogen) atoms. The molecule has 3 rings (SSSR count). The Balaban J connectivity index is 2.14. The summed E-state index contributed by atoms with van der Waals surface area (Å²) in [5.41, 5.74) is 1.89. The van der Waals surface area contributed by atoms with E-state index in [1.165, 1.54) is 4.31 Å². The Hall–Kier alpha value is -1.33. The third kappa shape index (κ3) is 2.60. The fourth-order valence-corrected chi connectivity index (χ4v) is 5.34. The Bertz CT molecular complexity index is 773. The number of hydrogen-bond acceptors (Lipinski definition) is 2. The number of nitrogens with zero attached hydrogens (tertiary/aromatic N) is 1. The standard InChI is InChI=1S/C16H16BrNO2S/c1-12-10-13-6-2-4-8-15(13)18(11-12)21(19,20)16-9-5-3-7-14(16)17/h2-9,12H,10-11H2,1H3. The summed E-state index contributed by atoms with van der Waals surface area (Å²) < 4.78 is 28.2. The average Bonchev–Trinajstić information content (AvgIpc) is 2.46. The predicted octanol–water partition coefficient (Wildman–Crippen LogP) is 3.84. The summed E-state index contributed by atoms with van der Waals surface area (Å²) in [7, 11) is -3.55. The van der Waals surface area contributed by atoms with Gasteiger partial charge in [0.25, 0.3) is 10.0 Å². The quantitative estimate of drug-likeness (QED) is 0.810. The van der Waals surface area contributed by atoms with Crippen LogP contribution in [0.4, 0.5) is 5.69 Å². The minimum atomic E-state index is -3.55. The lowest BCUT2D eigenvalue weighted by atomic mass is 9.96. The van der Waals surface area contributed by atoms with Gasteiger partial charge in [0.2, 0.25) is 0 Å². The van der Waals surface area contributed by atoms with Crippen LogP contribution in [0.3, 0.4) is 0 Å². The van der Waals surface area contributed by atoms with Crippen molar-refractivity contribution in [2.24, 2.45) is 5.92 Å². The van der Waals surface area contributed by atoms with Gasteiger partial charge in [-0.2, -0.15) is 0 Å². The Morgan fingerprint density at radius 2 is 1.76 bits per heavy atom. The van der Waals surface area contributed by atoms with Gasteiger partial charge in [0.05, 0.1) is 5.69 Å². The van der Waals surface area contributed by atoms with Gasteiger partial charge in [-0.05, 0) is 52.0 Å². The highest BCUT2D eigenvalue weighted by Crippen LogP contribution is 2.35. The molecule has 0 aromatic heterocycles. The van der Waals surface area contributed by atoms with Crippen LogP contribution in [0, 0.1) is 5.92 Å². The number of fused-ring (bicyclic) bond motifs is 1. The minimum Gasteiger partial charge on any atom is -0.266 e. The van der Waals surface area contributed by atoms with Crippen molar-refractivity contribution in [2.75, 3.05) is 10.8 Å². The van der Waals surface area contributed by atoms with Crippen molar-refractivity contribution >= 4 is 31.6 Å². The Kier molecular flexibility index (Phi) is 3.80. The zero-order valence-electron chi connectivity index (χ0n) is 11.7. The van der Waals surface area contributed by atoms with Gasteiger partial charge in [-0.1, -0.05) is 37.3 Å². The first kappa shape index (κ1) is 14.6. The molecule has 2 aromatic carbocycles. The maximum Gasteiger partial charge on any atom is 0.265 e. The molecule has 0 radical (unpaired) electrons. The highest BCUT2D eigenvalue weighted by atomic mass is 79.9. The molecule has 5 heteroatoms. The fraction of sp³-hybridized carbons (Fsp3) is 0.250. The maximum atomic E-state index is 13.0. The van der Waals surface area contributed by atoms with Gasteiger partial charge < -0.3 is 0 Å². The lowest BCUT2D eigenvalue weighted by molar-refractivity contribution is 0.544. The largest absolute Gasteiger partial charge is 0.266 e. The van der Waals surface area contributed by atoms with Gasteiger partial charge in [-0.25, -0.2) is 8.42 Å². The molecule has 3 nitrogen and oxygen atoms in total. The minimum absolute atomic E-state index is 0.303. The van der Waals surface area contributed by atoms with E-state index >= 15 is 0 Å². The summed E-state index contributed by atoms with van der Waals surface area (Å²) in [6.45, 7) is 2.60. The molecule has 0 spiro atoms. The van der Waals surface area contributed by atoms with Crippen molar-refractivity contribution in [2.45, 2.75) is 18.2 Å². The second-order valence-corrected chi connectivity index (χ2v) is 8.09. The Morgan fingerprint density at radius 3 is 2.52 bits per heavy atom. The topological polar surface area (TPSA) is 37.4 Å². The number of benzene rings is 2. The molecule has 0 fully saturated rings. The lowest BCUT2D eigenvalue weighted by Crippen LogP contribution is -2.39. The van der Waals surface area contributed by atoms with Gasteiger partial charge in [0, 0.05) is 11.0 Å². The summed E-state index contributed by atoms with van der Waals surface area (Å²) in [6, 6.07) is 14.7. The SMILES string of the molecule is CC1Cc2ccccc2N(S(=O)(=O)c2ccccc2Br)C1. The molecule has 0 saturated heterocycles. The number of rotatable bonds is 2. The van der Waals surface area contributed by atoms with E-state index in [2.05, 4.69) is 22.9 Å². The molecule has 1 unspecified atom stereocenters. The molecular weight excluding hydrogens is 350 g/mol. The van der Waals surface area contributed by atoms with E-state index < -0.39 is 10.0 Å². The lowest BCUT2D eigenvalue weighted by Gasteiger charge is -2.34. The summed E-state index contributed by atoms with van der Waals surface area (Å²) >= 11 is 3.35. The van der Waals surface area contributed by atoms with E-state index in [0.717, 1.165) is 17.7 Å². The Morgan fingerprint density at radius 1 is 1.10 bits per heavy atom. The van der Waals surface area contributed by atoms with E-state index in [-0.39, 0.29) is 0 Å². The van der Waals surface area contributed by atoms with Gasteiger partial charge in [-0.3, -0.25) is 4.31 Å². The smallest absolute Gasteiger partial charge is 0.265 e. The van der Waals surface area contributed by atoms with Crippen LogP contribution in [0.2, 0.25) is 0 Å². The molecule has 1 heterocycles. The van der Waals surface area contributed by atoms with Crippen LogP contribution in [-0.2, 0) is 16.4 Å². The summed E-state index contributed by atoms with van der Waals surface area (Å²) in [4.78, 5) is 0.314. The third-order valence-electron chi connectivity index (χ3n) is 3.71. The number of sulfonamides is 1. The van der Waals surface area contributed by atoms with E-state index in [4.69, 9.17) is 0 Å². The van der Waals surface area contributed by atoms with E-state index in [9.17, 15) is 8.42 Å². The van der Waals surface area contributed by atoms with Crippen molar-refractivity contribution in [3.05, 3.63) is 58.6 Å². The van der Waals surface area contributed by atoms with Crippen molar-refractivity contribution in [3.8, 4) is 0 Å². The molecule has 0 amide bonds. The van der Waals surface area contributed by atoms with Gasteiger partial charge in [-0.15, -0.1) is 0 Å². The highest BCUT2D eigenvalue weighted by molar-refractivity contribution is 9.10. The first-order chi connectivity index (χ1) is 10.00. The fourth-order valence-electron chi connectivity index (χ4n) is 2.75. The molecule has 110 valence electrons. The van der Waals surface area contributed by atoms with Gasteiger partial charge in [0.1, 0.15) is 4.90 Å². The van der Waals surface area contributed by atoms with E-state index in [0.29, 0.717) is 21.8 Å². The van der Waals surface area contributed by atoms with E-state index in [1.54, 1.807) is 18.2 Å². The van der Waals surface area contributed by atoms with Crippen molar-refractivity contribution < 1.29 is 8.42 Å². The molecule has 1 aliphatic heterocycles. The predicted molar refractivity (Wildman–Crippen MR) is 88.0 cm³/mol. The summed E-state index contributed by atoms with van der Waals surface area (Å²) in [6.07, 6.45) is 0.915. The molecule has 1 aliphatic rings. The monoisotopic (exact) mass is 365 g/mol. The van der Waals surface area contributed by atoms with E-state index in [1.807, 2.05) is 30.3 Å². The first-order valence-corrected chi connectivity index (χ1v) is 9.08. The van der Waals surface area contributed by atoms with Crippen LogP contribution >= 0.6 is 15.9 Å². The Labute approximate surface area is 133 Å². The van der Waals surface area contributed by atoms with Crippen molar-refractivity contribution in [1.82, 2.24) is 0 Å².